The number of aliphatic hydroxyl groups is 1. The van der Waals surface area contributed by atoms with Crippen molar-refractivity contribution < 1.29 is 5.11 Å². The van der Waals surface area contributed by atoms with Crippen molar-refractivity contribution in [2.45, 2.75) is 18.6 Å². The number of thiazole rings is 1. The number of nitrogens with one attached hydrogen (secondary N) is 1. The van der Waals surface area contributed by atoms with Gasteiger partial charge < -0.3 is 10.4 Å². The fraction of sp³-hybridized carbons (Fsp3) is 0.250. The van der Waals surface area contributed by atoms with Gasteiger partial charge in [-0.15, -0.1) is 11.3 Å². The van der Waals surface area contributed by atoms with Gasteiger partial charge in [-0.25, -0.2) is 4.98 Å². The van der Waals surface area contributed by atoms with Crippen molar-refractivity contribution in [3.63, 3.8) is 0 Å². The number of halogens is 1. The molecule has 0 spiro atoms. The summed E-state index contributed by atoms with van der Waals surface area (Å²) >= 11 is 7.15. The summed E-state index contributed by atoms with van der Waals surface area (Å²) in [6.07, 6.45) is 1.78. The number of aromatic nitrogens is 1. The van der Waals surface area contributed by atoms with Gasteiger partial charge >= 0.3 is 0 Å². The highest BCUT2D eigenvalue weighted by Gasteiger charge is 2.29. The molecule has 1 aromatic heterocycles. The highest BCUT2D eigenvalue weighted by molar-refractivity contribution is 7.15. The number of fused-ring (bicyclic) bond motifs is 1. The maximum absolute atomic E-state index is 10.2. The second-order valence-electron chi connectivity index (χ2n) is 4.06. The first-order valence-electron chi connectivity index (χ1n) is 5.38. The van der Waals surface area contributed by atoms with Gasteiger partial charge in [-0.2, -0.15) is 0 Å². The molecule has 1 aliphatic heterocycles. The van der Waals surface area contributed by atoms with Gasteiger partial charge in [0.05, 0.1) is 12.2 Å². The van der Waals surface area contributed by atoms with E-state index in [0.717, 1.165) is 12.1 Å². The van der Waals surface area contributed by atoms with Crippen LogP contribution in [0, 0.1) is 0 Å². The minimum absolute atomic E-state index is 0.0189. The molecule has 2 aromatic rings. The molecule has 0 bridgehead atoms. The third-order valence-electron chi connectivity index (χ3n) is 2.93. The molecule has 3 nitrogen and oxygen atoms in total. The molecule has 0 fully saturated rings. The van der Waals surface area contributed by atoms with Crippen LogP contribution in [-0.4, -0.2) is 16.1 Å². The molecule has 0 amide bonds. The van der Waals surface area contributed by atoms with Crippen molar-refractivity contribution in [1.29, 1.82) is 0 Å². The molecule has 2 N–H and O–H groups in total. The third kappa shape index (κ3) is 2.04. The van der Waals surface area contributed by atoms with Crippen LogP contribution in [-0.2, 0) is 6.42 Å². The largest absolute Gasteiger partial charge is 0.384 e. The number of benzene rings is 1. The molecular weight excluding hydrogens is 256 g/mol. The van der Waals surface area contributed by atoms with Crippen molar-refractivity contribution >= 4 is 28.6 Å². The fourth-order valence-electron chi connectivity index (χ4n) is 2.09. The second-order valence-corrected chi connectivity index (χ2v) is 5.75. The maximum atomic E-state index is 10.2. The fourth-order valence-corrected chi connectivity index (χ4v) is 3.07. The molecule has 2 unspecified atom stereocenters. The van der Waals surface area contributed by atoms with Crippen LogP contribution in [0.25, 0.3) is 0 Å². The quantitative estimate of drug-likeness (QED) is 0.879. The molecule has 0 aliphatic carbocycles. The summed E-state index contributed by atoms with van der Waals surface area (Å²) in [6.45, 7) is 0. The summed E-state index contributed by atoms with van der Waals surface area (Å²) in [7, 11) is 0. The van der Waals surface area contributed by atoms with Gasteiger partial charge in [-0.3, -0.25) is 0 Å². The first-order chi connectivity index (χ1) is 8.24. The van der Waals surface area contributed by atoms with E-state index in [2.05, 4.69) is 16.4 Å². The maximum Gasteiger partial charge on any atom is 0.126 e. The Labute approximate surface area is 108 Å². The average Bonchev–Trinajstić information content (AvgIpc) is 2.93. The number of nitrogens with zero attached hydrogens (tertiary/aromatic N) is 1. The standard InChI is InChI=1S/C12H11ClN2OS/c13-10-6-14-12(17-10)11(16)9-5-7-3-1-2-4-8(7)15-9/h1-4,6,9,11,15-16H,5H2. The zero-order chi connectivity index (χ0) is 11.8. The first kappa shape index (κ1) is 11.0. The van der Waals surface area contributed by atoms with Crippen molar-refractivity contribution in [3.05, 3.63) is 45.4 Å². The Morgan fingerprint density at radius 1 is 1.47 bits per heavy atom. The summed E-state index contributed by atoms with van der Waals surface area (Å²) in [5.74, 6) is 0. The molecule has 1 aliphatic rings. The van der Waals surface area contributed by atoms with Crippen LogP contribution in [0.15, 0.2) is 30.5 Å². The van der Waals surface area contributed by atoms with Crippen LogP contribution in [0.5, 0.6) is 0 Å². The molecule has 1 aromatic carbocycles. The van der Waals surface area contributed by atoms with Gasteiger partial charge in [0.25, 0.3) is 0 Å². The van der Waals surface area contributed by atoms with Crippen LogP contribution in [0.1, 0.15) is 16.7 Å². The summed E-state index contributed by atoms with van der Waals surface area (Å²) < 4.78 is 0.606. The molecular formula is C12H11ClN2OS. The minimum atomic E-state index is -0.611. The van der Waals surface area contributed by atoms with Gasteiger partial charge in [0.1, 0.15) is 15.4 Å². The number of hydrogen-bond donors (Lipinski definition) is 2. The van der Waals surface area contributed by atoms with Gasteiger partial charge in [0.2, 0.25) is 0 Å². The topological polar surface area (TPSA) is 45.2 Å². The van der Waals surface area contributed by atoms with E-state index in [1.54, 1.807) is 6.20 Å². The summed E-state index contributed by atoms with van der Waals surface area (Å²) in [6, 6.07) is 8.08. The predicted octanol–water partition coefficient (Wildman–Crippen LogP) is 2.87. The van der Waals surface area contributed by atoms with E-state index in [1.165, 1.54) is 16.9 Å². The molecule has 3 rings (SSSR count). The van der Waals surface area contributed by atoms with E-state index in [0.29, 0.717) is 9.34 Å². The minimum Gasteiger partial charge on any atom is -0.384 e. The molecule has 5 heteroatoms. The van der Waals surface area contributed by atoms with E-state index in [-0.39, 0.29) is 6.04 Å². The third-order valence-corrected chi connectivity index (χ3v) is 4.11. The van der Waals surface area contributed by atoms with Crippen molar-refractivity contribution in [2.24, 2.45) is 0 Å². The van der Waals surface area contributed by atoms with E-state index in [1.807, 2.05) is 18.2 Å². The van der Waals surface area contributed by atoms with Crippen LogP contribution in [0.4, 0.5) is 5.69 Å². The molecule has 2 atom stereocenters. The lowest BCUT2D eigenvalue weighted by Crippen LogP contribution is -2.24. The van der Waals surface area contributed by atoms with Crippen LogP contribution in [0.2, 0.25) is 4.34 Å². The van der Waals surface area contributed by atoms with Gasteiger partial charge in [-0.05, 0) is 18.1 Å². The van der Waals surface area contributed by atoms with Crippen molar-refractivity contribution in [2.75, 3.05) is 5.32 Å². The Bertz CT molecular complexity index is 518. The van der Waals surface area contributed by atoms with Crippen LogP contribution >= 0.6 is 22.9 Å². The SMILES string of the molecule is OC(c1ncc(Cl)s1)C1Cc2ccccc2N1. The number of aliphatic hydroxyl groups excluding tert-OH is 1. The zero-order valence-corrected chi connectivity index (χ0v) is 10.5. The van der Waals surface area contributed by atoms with Gasteiger partial charge in [-0.1, -0.05) is 29.8 Å². The monoisotopic (exact) mass is 266 g/mol. The normalized spacial score (nSPS) is 19.8. The lowest BCUT2D eigenvalue weighted by Gasteiger charge is -2.16. The smallest absolute Gasteiger partial charge is 0.126 e. The van der Waals surface area contributed by atoms with Crippen LogP contribution in [0.3, 0.4) is 0 Å². The molecule has 0 saturated carbocycles. The number of para-hydroxylation sites is 1. The summed E-state index contributed by atoms with van der Waals surface area (Å²) in [5, 5.41) is 14.2. The van der Waals surface area contributed by atoms with Crippen molar-refractivity contribution in [3.8, 4) is 0 Å². The van der Waals surface area contributed by atoms with E-state index in [4.69, 9.17) is 11.6 Å². The Balaban J connectivity index is 1.80. The average molecular weight is 267 g/mol. The highest BCUT2D eigenvalue weighted by atomic mass is 35.5. The summed E-state index contributed by atoms with van der Waals surface area (Å²) in [5.41, 5.74) is 2.33. The lowest BCUT2D eigenvalue weighted by molar-refractivity contribution is 0.156. The van der Waals surface area contributed by atoms with Gasteiger partial charge in [0, 0.05) is 5.69 Å². The number of rotatable bonds is 2. The summed E-state index contributed by atoms with van der Waals surface area (Å²) in [4.78, 5) is 4.12. The first-order valence-corrected chi connectivity index (χ1v) is 6.57. The molecule has 17 heavy (non-hydrogen) atoms. The lowest BCUT2D eigenvalue weighted by atomic mass is 10.1. The Morgan fingerprint density at radius 3 is 3.00 bits per heavy atom. The van der Waals surface area contributed by atoms with E-state index >= 15 is 0 Å². The highest BCUT2D eigenvalue weighted by Crippen LogP contribution is 2.33. The molecule has 0 saturated heterocycles. The van der Waals surface area contributed by atoms with E-state index in [9.17, 15) is 5.11 Å². The Kier molecular flexibility index (Phi) is 2.78. The predicted molar refractivity (Wildman–Crippen MR) is 69.6 cm³/mol. The van der Waals surface area contributed by atoms with Crippen molar-refractivity contribution in [1.82, 2.24) is 4.98 Å². The molecule has 2 heterocycles. The number of anilines is 1. The molecule has 0 radical (unpaired) electrons. The zero-order valence-electron chi connectivity index (χ0n) is 8.93. The Hall–Kier alpha value is -1.10. The Morgan fingerprint density at radius 2 is 2.29 bits per heavy atom. The van der Waals surface area contributed by atoms with Crippen LogP contribution < -0.4 is 5.32 Å². The molecule has 88 valence electrons. The van der Waals surface area contributed by atoms with E-state index < -0.39 is 6.10 Å². The second kappa shape index (κ2) is 4.29. The van der Waals surface area contributed by atoms with Gasteiger partial charge in [0.15, 0.2) is 0 Å². The number of hydrogen-bond acceptors (Lipinski definition) is 4.